The van der Waals surface area contributed by atoms with Crippen LogP contribution in [0.2, 0.25) is 0 Å². The highest BCUT2D eigenvalue weighted by Gasteiger charge is 2.15. The Labute approximate surface area is 93.3 Å². The molecule has 0 spiro atoms. The fraction of sp³-hybridized carbons (Fsp3) is 0.556. The number of likely N-dealkylation sites (N-methyl/N-ethyl adjacent to an activating group) is 1. The molecule has 0 amide bonds. The molecule has 1 atom stereocenters. The normalized spacial score (nSPS) is 12.9. The second-order valence-corrected chi connectivity index (χ2v) is 3.43. The van der Waals surface area contributed by atoms with Crippen molar-refractivity contribution in [2.24, 2.45) is 0 Å². The quantitative estimate of drug-likeness (QED) is 0.737. The SMILES string of the molecule is CCn1ncnc1CC(NC)c1cn[nH]n1. The first-order chi connectivity index (χ1) is 7.85. The van der Waals surface area contributed by atoms with E-state index in [1.54, 1.807) is 12.5 Å². The second kappa shape index (κ2) is 4.84. The molecule has 7 nitrogen and oxygen atoms in total. The van der Waals surface area contributed by atoms with E-state index < -0.39 is 0 Å². The minimum absolute atomic E-state index is 0.105. The molecule has 7 heteroatoms. The molecule has 2 N–H and O–H groups in total. The molecule has 2 heterocycles. The van der Waals surface area contributed by atoms with Gasteiger partial charge in [-0.15, -0.1) is 0 Å². The van der Waals surface area contributed by atoms with Gasteiger partial charge in [0.25, 0.3) is 0 Å². The van der Waals surface area contributed by atoms with E-state index >= 15 is 0 Å². The number of nitrogens with zero attached hydrogens (tertiary/aromatic N) is 5. The molecule has 2 aromatic rings. The highest BCUT2D eigenvalue weighted by molar-refractivity contribution is 5.03. The smallest absolute Gasteiger partial charge is 0.138 e. The lowest BCUT2D eigenvalue weighted by molar-refractivity contribution is 0.523. The number of aromatic nitrogens is 6. The lowest BCUT2D eigenvalue weighted by atomic mass is 10.1. The summed E-state index contributed by atoms with van der Waals surface area (Å²) >= 11 is 0. The molecule has 0 bridgehead atoms. The van der Waals surface area contributed by atoms with Gasteiger partial charge >= 0.3 is 0 Å². The molecular weight excluding hydrogens is 206 g/mol. The first-order valence-corrected chi connectivity index (χ1v) is 5.24. The minimum Gasteiger partial charge on any atom is -0.311 e. The van der Waals surface area contributed by atoms with E-state index in [1.165, 1.54) is 0 Å². The molecule has 0 radical (unpaired) electrons. The van der Waals surface area contributed by atoms with Crippen molar-refractivity contribution in [3.8, 4) is 0 Å². The molecule has 0 saturated heterocycles. The molecule has 0 fully saturated rings. The fourth-order valence-corrected chi connectivity index (χ4v) is 1.63. The summed E-state index contributed by atoms with van der Waals surface area (Å²) in [6.07, 6.45) is 4.04. The maximum Gasteiger partial charge on any atom is 0.138 e. The van der Waals surface area contributed by atoms with Crippen LogP contribution >= 0.6 is 0 Å². The van der Waals surface area contributed by atoms with Crippen molar-refractivity contribution in [2.45, 2.75) is 25.9 Å². The molecule has 2 rings (SSSR count). The zero-order valence-electron chi connectivity index (χ0n) is 9.38. The number of aryl methyl sites for hydroxylation is 1. The summed E-state index contributed by atoms with van der Waals surface area (Å²) in [7, 11) is 1.89. The minimum atomic E-state index is 0.105. The topological polar surface area (TPSA) is 84.3 Å². The van der Waals surface area contributed by atoms with E-state index in [-0.39, 0.29) is 6.04 Å². The number of hydrogen-bond acceptors (Lipinski definition) is 5. The third-order valence-corrected chi connectivity index (χ3v) is 2.52. The van der Waals surface area contributed by atoms with Gasteiger partial charge in [0.05, 0.1) is 17.9 Å². The fourth-order valence-electron chi connectivity index (χ4n) is 1.63. The van der Waals surface area contributed by atoms with E-state index in [0.29, 0.717) is 0 Å². The summed E-state index contributed by atoms with van der Waals surface area (Å²) in [5.41, 5.74) is 0.883. The molecule has 1 unspecified atom stereocenters. The Balaban J connectivity index is 2.13. The first-order valence-electron chi connectivity index (χ1n) is 5.24. The lowest BCUT2D eigenvalue weighted by Gasteiger charge is -2.12. The van der Waals surface area contributed by atoms with Gasteiger partial charge in [0, 0.05) is 13.0 Å². The first kappa shape index (κ1) is 10.7. The van der Waals surface area contributed by atoms with Gasteiger partial charge in [-0.1, -0.05) is 0 Å². The van der Waals surface area contributed by atoms with E-state index in [1.807, 2.05) is 18.7 Å². The number of H-pyrrole nitrogens is 1. The van der Waals surface area contributed by atoms with Gasteiger partial charge in [-0.2, -0.15) is 20.5 Å². The van der Waals surface area contributed by atoms with Crippen LogP contribution in [-0.2, 0) is 13.0 Å². The summed E-state index contributed by atoms with van der Waals surface area (Å²) in [4.78, 5) is 4.24. The zero-order valence-corrected chi connectivity index (χ0v) is 9.38. The van der Waals surface area contributed by atoms with Crippen molar-refractivity contribution in [1.29, 1.82) is 0 Å². The predicted octanol–water partition coefficient (Wildman–Crippen LogP) is -0.0807. The van der Waals surface area contributed by atoms with Gasteiger partial charge in [0.15, 0.2) is 0 Å². The van der Waals surface area contributed by atoms with Crippen LogP contribution < -0.4 is 5.32 Å². The Morgan fingerprint density at radius 2 is 2.44 bits per heavy atom. The van der Waals surface area contributed by atoms with Crippen molar-refractivity contribution >= 4 is 0 Å². The summed E-state index contributed by atoms with van der Waals surface area (Å²) in [6, 6.07) is 0.105. The van der Waals surface area contributed by atoms with Gasteiger partial charge in [0.2, 0.25) is 0 Å². The maximum atomic E-state index is 4.24. The van der Waals surface area contributed by atoms with Crippen molar-refractivity contribution in [2.75, 3.05) is 7.05 Å². The molecule has 86 valence electrons. The molecule has 0 aliphatic heterocycles. The molecular formula is C9H15N7. The van der Waals surface area contributed by atoms with E-state index in [2.05, 4.69) is 30.8 Å². The van der Waals surface area contributed by atoms with E-state index in [9.17, 15) is 0 Å². The molecule has 0 saturated carbocycles. The molecule has 0 aliphatic rings. The van der Waals surface area contributed by atoms with Gasteiger partial charge < -0.3 is 5.32 Å². The van der Waals surface area contributed by atoms with E-state index in [0.717, 1.165) is 24.5 Å². The van der Waals surface area contributed by atoms with Crippen LogP contribution in [0.5, 0.6) is 0 Å². The van der Waals surface area contributed by atoms with Gasteiger partial charge in [-0.3, -0.25) is 4.68 Å². The van der Waals surface area contributed by atoms with Gasteiger partial charge in [0.1, 0.15) is 12.2 Å². The largest absolute Gasteiger partial charge is 0.311 e. The van der Waals surface area contributed by atoms with E-state index in [4.69, 9.17) is 0 Å². The second-order valence-electron chi connectivity index (χ2n) is 3.43. The van der Waals surface area contributed by atoms with Crippen molar-refractivity contribution in [3.63, 3.8) is 0 Å². The number of hydrogen-bond donors (Lipinski definition) is 2. The Morgan fingerprint density at radius 3 is 3.06 bits per heavy atom. The van der Waals surface area contributed by atoms with Crippen LogP contribution in [0.25, 0.3) is 0 Å². The van der Waals surface area contributed by atoms with Gasteiger partial charge in [-0.25, -0.2) is 4.98 Å². The lowest BCUT2D eigenvalue weighted by Crippen LogP contribution is -2.21. The van der Waals surface area contributed by atoms with Crippen molar-refractivity contribution in [3.05, 3.63) is 24.0 Å². The summed E-state index contributed by atoms with van der Waals surface area (Å²) in [5.74, 6) is 0.949. The monoisotopic (exact) mass is 221 g/mol. The summed E-state index contributed by atoms with van der Waals surface area (Å²) in [6.45, 7) is 2.87. The van der Waals surface area contributed by atoms with Crippen LogP contribution in [0.4, 0.5) is 0 Å². The highest BCUT2D eigenvalue weighted by Crippen LogP contribution is 2.13. The average Bonchev–Trinajstić information content (AvgIpc) is 2.96. The van der Waals surface area contributed by atoms with Crippen LogP contribution in [0.15, 0.2) is 12.5 Å². The third-order valence-electron chi connectivity index (χ3n) is 2.52. The average molecular weight is 221 g/mol. The Morgan fingerprint density at radius 1 is 1.56 bits per heavy atom. The number of nitrogens with one attached hydrogen (secondary N) is 2. The number of aromatic amines is 1. The predicted molar refractivity (Wildman–Crippen MR) is 57.6 cm³/mol. The third kappa shape index (κ3) is 2.08. The van der Waals surface area contributed by atoms with Crippen molar-refractivity contribution in [1.82, 2.24) is 35.5 Å². The summed E-state index contributed by atoms with van der Waals surface area (Å²) in [5, 5.41) is 17.8. The summed E-state index contributed by atoms with van der Waals surface area (Å²) < 4.78 is 1.88. The zero-order chi connectivity index (χ0) is 11.4. The van der Waals surface area contributed by atoms with Crippen LogP contribution in [0.1, 0.15) is 24.5 Å². The van der Waals surface area contributed by atoms with Gasteiger partial charge in [-0.05, 0) is 14.0 Å². The highest BCUT2D eigenvalue weighted by atomic mass is 15.3. The Hall–Kier alpha value is -1.76. The van der Waals surface area contributed by atoms with Crippen LogP contribution in [-0.4, -0.2) is 37.2 Å². The molecule has 16 heavy (non-hydrogen) atoms. The Kier molecular flexibility index (Phi) is 3.25. The number of rotatable bonds is 5. The van der Waals surface area contributed by atoms with Crippen molar-refractivity contribution < 1.29 is 0 Å². The van der Waals surface area contributed by atoms with Crippen LogP contribution in [0, 0.1) is 0 Å². The standard InChI is InChI=1S/C9H15N7/c1-3-16-9(11-6-13-16)4-7(10-2)8-5-12-15-14-8/h5-7,10H,3-4H2,1-2H3,(H,12,14,15). The molecule has 0 aliphatic carbocycles. The molecule has 2 aromatic heterocycles. The molecule has 0 aromatic carbocycles. The Bertz CT molecular complexity index is 419. The van der Waals surface area contributed by atoms with Crippen LogP contribution in [0.3, 0.4) is 0 Å². The maximum absolute atomic E-state index is 4.24.